The molecule has 20 heavy (non-hydrogen) atoms. The number of nitrogens with zero attached hydrogens (tertiary/aromatic N) is 2. The molecule has 98 valence electrons. The van der Waals surface area contributed by atoms with Gasteiger partial charge in [-0.05, 0) is 29.8 Å². The van der Waals surface area contributed by atoms with Gasteiger partial charge in [0.2, 0.25) is 0 Å². The van der Waals surface area contributed by atoms with E-state index in [0.717, 1.165) is 5.39 Å². The first-order chi connectivity index (χ1) is 9.65. The number of hydrogen-bond acceptors (Lipinski definition) is 3. The van der Waals surface area contributed by atoms with Crippen molar-refractivity contribution >= 4 is 16.8 Å². The Morgan fingerprint density at radius 1 is 1.15 bits per heavy atom. The van der Waals surface area contributed by atoms with Crippen molar-refractivity contribution in [3.63, 3.8) is 0 Å². The number of pyridine rings is 2. The standard InChI is InChI=1S/C15H10FN3O/c16-11-3-1-2-9(6-11)12-8-18-7-10-4-5-13(15(17)20)19-14(10)12/h1-8H,(H2,17,20). The molecule has 0 aliphatic carbocycles. The number of nitrogens with two attached hydrogens (primary N) is 1. The summed E-state index contributed by atoms with van der Waals surface area (Å²) in [4.78, 5) is 19.6. The summed E-state index contributed by atoms with van der Waals surface area (Å²) >= 11 is 0. The second kappa shape index (κ2) is 4.70. The van der Waals surface area contributed by atoms with Crippen LogP contribution in [0.15, 0.2) is 48.8 Å². The SMILES string of the molecule is NC(=O)c1ccc2cncc(-c3cccc(F)c3)c2n1. The van der Waals surface area contributed by atoms with Crippen molar-refractivity contribution in [2.75, 3.05) is 0 Å². The lowest BCUT2D eigenvalue weighted by Gasteiger charge is -2.06. The van der Waals surface area contributed by atoms with Crippen molar-refractivity contribution < 1.29 is 9.18 Å². The van der Waals surface area contributed by atoms with Gasteiger partial charge in [-0.3, -0.25) is 9.78 Å². The monoisotopic (exact) mass is 267 g/mol. The van der Waals surface area contributed by atoms with Gasteiger partial charge in [0.05, 0.1) is 5.52 Å². The minimum Gasteiger partial charge on any atom is -0.364 e. The number of carbonyl (C=O) groups excluding carboxylic acids is 1. The van der Waals surface area contributed by atoms with Crippen LogP contribution in [0.4, 0.5) is 4.39 Å². The van der Waals surface area contributed by atoms with Gasteiger partial charge in [0.1, 0.15) is 11.5 Å². The van der Waals surface area contributed by atoms with Gasteiger partial charge in [0, 0.05) is 23.3 Å². The molecule has 1 aromatic carbocycles. The zero-order valence-electron chi connectivity index (χ0n) is 10.4. The highest BCUT2D eigenvalue weighted by Gasteiger charge is 2.09. The number of primary amides is 1. The average Bonchev–Trinajstić information content (AvgIpc) is 2.46. The van der Waals surface area contributed by atoms with Crippen molar-refractivity contribution in [1.82, 2.24) is 9.97 Å². The molecule has 3 aromatic rings. The molecule has 0 fully saturated rings. The third-order valence-corrected chi connectivity index (χ3v) is 2.99. The van der Waals surface area contributed by atoms with Crippen molar-refractivity contribution in [3.05, 3.63) is 60.3 Å². The summed E-state index contributed by atoms with van der Waals surface area (Å²) in [5, 5.41) is 0.761. The third kappa shape index (κ3) is 2.09. The Morgan fingerprint density at radius 3 is 2.75 bits per heavy atom. The maximum absolute atomic E-state index is 13.3. The van der Waals surface area contributed by atoms with Gasteiger partial charge in [-0.1, -0.05) is 12.1 Å². The summed E-state index contributed by atoms with van der Waals surface area (Å²) in [6, 6.07) is 9.40. The van der Waals surface area contributed by atoms with Crippen molar-refractivity contribution in [1.29, 1.82) is 0 Å². The van der Waals surface area contributed by atoms with E-state index in [0.29, 0.717) is 16.6 Å². The maximum atomic E-state index is 13.3. The zero-order valence-corrected chi connectivity index (χ0v) is 10.4. The molecule has 0 atom stereocenters. The summed E-state index contributed by atoms with van der Waals surface area (Å²) < 4.78 is 13.3. The van der Waals surface area contributed by atoms with Crippen LogP contribution in [0.2, 0.25) is 0 Å². The largest absolute Gasteiger partial charge is 0.364 e. The second-order valence-corrected chi connectivity index (χ2v) is 4.33. The Balaban J connectivity index is 2.29. The first-order valence-corrected chi connectivity index (χ1v) is 5.95. The summed E-state index contributed by atoms with van der Waals surface area (Å²) in [5.74, 6) is -0.945. The molecule has 0 aliphatic rings. The van der Waals surface area contributed by atoms with Gasteiger partial charge < -0.3 is 5.73 Å². The molecule has 0 radical (unpaired) electrons. The van der Waals surface area contributed by atoms with Crippen LogP contribution in [0.5, 0.6) is 0 Å². The quantitative estimate of drug-likeness (QED) is 0.775. The number of aromatic nitrogens is 2. The minimum absolute atomic E-state index is 0.168. The first-order valence-electron chi connectivity index (χ1n) is 5.95. The molecule has 0 bridgehead atoms. The topological polar surface area (TPSA) is 68.9 Å². The van der Waals surface area contributed by atoms with Crippen LogP contribution < -0.4 is 5.73 Å². The van der Waals surface area contributed by atoms with E-state index in [1.807, 2.05) is 0 Å². The lowest BCUT2D eigenvalue weighted by atomic mass is 10.0. The molecule has 0 aliphatic heterocycles. The van der Waals surface area contributed by atoms with E-state index in [2.05, 4.69) is 9.97 Å². The molecule has 3 rings (SSSR count). The molecule has 2 aromatic heterocycles. The van der Waals surface area contributed by atoms with Crippen molar-refractivity contribution in [3.8, 4) is 11.1 Å². The normalized spacial score (nSPS) is 10.7. The fraction of sp³-hybridized carbons (Fsp3) is 0. The summed E-state index contributed by atoms with van der Waals surface area (Å²) in [6.07, 6.45) is 3.23. The third-order valence-electron chi connectivity index (χ3n) is 2.99. The van der Waals surface area contributed by atoms with Gasteiger partial charge in [0.15, 0.2) is 0 Å². The van der Waals surface area contributed by atoms with E-state index >= 15 is 0 Å². The molecular formula is C15H10FN3O. The molecule has 0 unspecified atom stereocenters. The van der Waals surface area contributed by atoms with Crippen molar-refractivity contribution in [2.24, 2.45) is 5.73 Å². The number of halogens is 1. The fourth-order valence-electron chi connectivity index (χ4n) is 2.05. The first kappa shape index (κ1) is 12.2. The highest BCUT2D eigenvalue weighted by Crippen LogP contribution is 2.26. The molecule has 2 N–H and O–H groups in total. The number of fused-ring (bicyclic) bond motifs is 1. The maximum Gasteiger partial charge on any atom is 0.267 e. The molecule has 0 saturated heterocycles. The Bertz CT molecular complexity index is 817. The molecule has 0 saturated carbocycles. The van der Waals surface area contributed by atoms with E-state index in [4.69, 9.17) is 5.73 Å². The Morgan fingerprint density at radius 2 is 2.00 bits per heavy atom. The molecule has 5 heteroatoms. The average molecular weight is 267 g/mol. The van der Waals surface area contributed by atoms with E-state index in [9.17, 15) is 9.18 Å². The molecule has 1 amide bonds. The lowest BCUT2D eigenvalue weighted by Crippen LogP contribution is -2.12. The van der Waals surface area contributed by atoms with Crippen LogP contribution in [0.1, 0.15) is 10.5 Å². The summed E-state index contributed by atoms with van der Waals surface area (Å²) in [6.45, 7) is 0. The van der Waals surface area contributed by atoms with Gasteiger partial charge in [0.25, 0.3) is 5.91 Å². The summed E-state index contributed by atoms with van der Waals surface area (Å²) in [7, 11) is 0. The van der Waals surface area contributed by atoms with Crippen molar-refractivity contribution in [2.45, 2.75) is 0 Å². The van der Waals surface area contributed by atoms with Gasteiger partial charge in [-0.15, -0.1) is 0 Å². The zero-order chi connectivity index (χ0) is 14.1. The Kier molecular flexibility index (Phi) is 2.87. The van der Waals surface area contributed by atoms with Gasteiger partial charge >= 0.3 is 0 Å². The van der Waals surface area contributed by atoms with E-state index < -0.39 is 5.91 Å². The van der Waals surface area contributed by atoms with Gasteiger partial charge in [-0.25, -0.2) is 9.37 Å². The van der Waals surface area contributed by atoms with Gasteiger partial charge in [-0.2, -0.15) is 0 Å². The van der Waals surface area contributed by atoms with E-state index in [-0.39, 0.29) is 11.5 Å². The van der Waals surface area contributed by atoms with Crippen LogP contribution >= 0.6 is 0 Å². The highest BCUT2D eigenvalue weighted by molar-refractivity contribution is 5.97. The van der Waals surface area contributed by atoms with Crippen LogP contribution in [-0.4, -0.2) is 15.9 Å². The number of benzene rings is 1. The molecule has 4 nitrogen and oxygen atoms in total. The number of rotatable bonds is 2. The lowest BCUT2D eigenvalue weighted by molar-refractivity contribution is 0.0996. The minimum atomic E-state index is -0.603. The number of hydrogen-bond donors (Lipinski definition) is 1. The summed E-state index contributed by atoms with van der Waals surface area (Å²) in [5.41, 5.74) is 7.29. The predicted octanol–water partition coefficient (Wildman–Crippen LogP) is 2.53. The Labute approximate surface area is 114 Å². The molecule has 2 heterocycles. The molecule has 0 spiro atoms. The highest BCUT2D eigenvalue weighted by atomic mass is 19.1. The number of carbonyl (C=O) groups is 1. The van der Waals surface area contributed by atoms with E-state index in [1.54, 1.807) is 36.7 Å². The Hall–Kier alpha value is -2.82. The fourth-order valence-corrected chi connectivity index (χ4v) is 2.05. The molecular weight excluding hydrogens is 257 g/mol. The van der Waals surface area contributed by atoms with Crippen LogP contribution in [0, 0.1) is 5.82 Å². The number of amides is 1. The van der Waals surface area contributed by atoms with Crippen LogP contribution in [0.25, 0.3) is 22.0 Å². The van der Waals surface area contributed by atoms with E-state index in [1.165, 1.54) is 12.1 Å². The van der Waals surface area contributed by atoms with Crippen LogP contribution in [0.3, 0.4) is 0 Å². The second-order valence-electron chi connectivity index (χ2n) is 4.33. The van der Waals surface area contributed by atoms with Crippen LogP contribution in [-0.2, 0) is 0 Å². The predicted molar refractivity (Wildman–Crippen MR) is 73.4 cm³/mol. The smallest absolute Gasteiger partial charge is 0.267 e.